The van der Waals surface area contributed by atoms with Crippen molar-refractivity contribution in [1.29, 1.82) is 5.26 Å². The van der Waals surface area contributed by atoms with E-state index in [0.29, 0.717) is 36.0 Å². The molecule has 2 fully saturated rings. The second-order valence-electron chi connectivity index (χ2n) is 6.80. The van der Waals surface area contributed by atoms with E-state index in [9.17, 15) is 10.1 Å². The van der Waals surface area contributed by atoms with Crippen LogP contribution < -0.4 is 10.1 Å². The molecule has 1 aromatic heterocycles. The normalized spacial score (nSPS) is 17.1. The number of ether oxygens (including phenoxy) is 2. The van der Waals surface area contributed by atoms with Crippen molar-refractivity contribution >= 4 is 11.7 Å². The van der Waals surface area contributed by atoms with Crippen molar-refractivity contribution in [2.45, 2.75) is 31.8 Å². The third kappa shape index (κ3) is 4.23. The van der Waals surface area contributed by atoms with E-state index in [4.69, 9.17) is 9.47 Å². The molecule has 1 amide bonds. The van der Waals surface area contributed by atoms with Gasteiger partial charge < -0.3 is 14.8 Å². The number of benzene rings is 1. The lowest BCUT2D eigenvalue weighted by atomic mass is 10.1. The summed E-state index contributed by atoms with van der Waals surface area (Å²) in [5, 5.41) is 12.3. The maximum Gasteiger partial charge on any atom is 0.228 e. The SMILES string of the molecule is N#Cc1cc(-c2cc(NC(=O)C3CC3)ncn2)ccc1OC1CCOCC1. The molecule has 2 heterocycles. The number of carbonyl (C=O) groups is 1. The van der Waals surface area contributed by atoms with Gasteiger partial charge in [-0.25, -0.2) is 9.97 Å². The highest BCUT2D eigenvalue weighted by atomic mass is 16.5. The number of amides is 1. The van der Waals surface area contributed by atoms with Gasteiger partial charge in [-0.1, -0.05) is 0 Å². The molecule has 1 aliphatic carbocycles. The Kier molecular flexibility index (Phi) is 4.99. The molecule has 1 aromatic carbocycles. The maximum atomic E-state index is 11.9. The predicted octanol–water partition coefficient (Wildman–Crippen LogP) is 2.92. The molecule has 0 spiro atoms. The minimum atomic E-state index is -0.00225. The molecule has 1 aliphatic heterocycles. The van der Waals surface area contributed by atoms with Crippen molar-refractivity contribution in [3.05, 3.63) is 36.2 Å². The highest BCUT2D eigenvalue weighted by Gasteiger charge is 2.29. The smallest absolute Gasteiger partial charge is 0.228 e. The molecule has 7 nitrogen and oxygen atoms in total. The van der Waals surface area contributed by atoms with Crippen molar-refractivity contribution in [1.82, 2.24) is 9.97 Å². The zero-order valence-corrected chi connectivity index (χ0v) is 14.9. The van der Waals surface area contributed by atoms with Crippen LogP contribution in [0.15, 0.2) is 30.6 Å². The van der Waals surface area contributed by atoms with Crippen LogP contribution in [0.5, 0.6) is 5.75 Å². The van der Waals surface area contributed by atoms with Crippen LogP contribution in [-0.2, 0) is 9.53 Å². The lowest BCUT2D eigenvalue weighted by molar-refractivity contribution is -0.117. The van der Waals surface area contributed by atoms with Crippen molar-refractivity contribution in [3.63, 3.8) is 0 Å². The minimum Gasteiger partial charge on any atom is -0.489 e. The lowest BCUT2D eigenvalue weighted by Crippen LogP contribution is -2.26. The van der Waals surface area contributed by atoms with E-state index in [0.717, 1.165) is 31.2 Å². The van der Waals surface area contributed by atoms with Gasteiger partial charge in [0, 0.05) is 30.4 Å². The number of carbonyl (C=O) groups excluding carboxylic acids is 1. The van der Waals surface area contributed by atoms with E-state index in [2.05, 4.69) is 21.4 Å². The van der Waals surface area contributed by atoms with Crippen molar-refractivity contribution in [2.24, 2.45) is 5.92 Å². The van der Waals surface area contributed by atoms with Crippen LogP contribution in [0.2, 0.25) is 0 Å². The average Bonchev–Trinajstić information content (AvgIpc) is 3.55. The Labute approximate surface area is 157 Å². The highest BCUT2D eigenvalue weighted by Crippen LogP contribution is 2.31. The number of hydrogen-bond donors (Lipinski definition) is 1. The fourth-order valence-electron chi connectivity index (χ4n) is 3.01. The Balaban J connectivity index is 1.53. The molecule has 138 valence electrons. The highest BCUT2D eigenvalue weighted by molar-refractivity contribution is 5.93. The zero-order valence-electron chi connectivity index (χ0n) is 14.9. The molecule has 2 aliphatic rings. The number of hydrogen-bond acceptors (Lipinski definition) is 6. The number of rotatable bonds is 5. The standard InChI is InChI=1S/C20H20N4O3/c21-11-15-9-14(3-4-18(15)27-16-5-7-26-8-6-16)17-10-19(23-12-22-17)24-20(25)13-1-2-13/h3-4,9-10,12-13,16H,1-2,5-8H2,(H,22,23,24,25). The number of nitriles is 1. The molecule has 7 heteroatoms. The molecular weight excluding hydrogens is 344 g/mol. The van der Waals surface area contributed by atoms with Gasteiger partial charge in [-0.05, 0) is 31.0 Å². The molecule has 1 N–H and O–H groups in total. The van der Waals surface area contributed by atoms with Crippen LogP contribution in [0.3, 0.4) is 0 Å². The van der Waals surface area contributed by atoms with Crippen LogP contribution in [0.25, 0.3) is 11.3 Å². The summed E-state index contributed by atoms with van der Waals surface area (Å²) in [5.41, 5.74) is 1.88. The molecule has 1 saturated carbocycles. The first-order valence-electron chi connectivity index (χ1n) is 9.15. The molecule has 2 aromatic rings. The summed E-state index contributed by atoms with van der Waals surface area (Å²) in [6, 6.07) is 9.33. The van der Waals surface area contributed by atoms with Crippen LogP contribution >= 0.6 is 0 Å². The lowest BCUT2D eigenvalue weighted by Gasteiger charge is -2.23. The van der Waals surface area contributed by atoms with Gasteiger partial charge in [-0.2, -0.15) is 5.26 Å². The molecular formula is C20H20N4O3. The quantitative estimate of drug-likeness (QED) is 0.876. The maximum absolute atomic E-state index is 11.9. The summed E-state index contributed by atoms with van der Waals surface area (Å²) in [6.45, 7) is 1.36. The second-order valence-corrected chi connectivity index (χ2v) is 6.80. The number of nitrogens with zero attached hydrogens (tertiary/aromatic N) is 3. The topological polar surface area (TPSA) is 97.1 Å². The van der Waals surface area contributed by atoms with Gasteiger partial charge in [0.15, 0.2) is 0 Å². The van der Waals surface area contributed by atoms with E-state index in [1.165, 1.54) is 6.33 Å². The summed E-state index contributed by atoms with van der Waals surface area (Å²) >= 11 is 0. The van der Waals surface area contributed by atoms with Crippen molar-refractivity contribution in [2.75, 3.05) is 18.5 Å². The Morgan fingerprint density at radius 1 is 1.19 bits per heavy atom. The van der Waals surface area contributed by atoms with Gasteiger partial charge in [0.25, 0.3) is 0 Å². The number of anilines is 1. The Hall–Kier alpha value is -2.98. The van der Waals surface area contributed by atoms with Crippen LogP contribution in [0.4, 0.5) is 5.82 Å². The third-order valence-corrected chi connectivity index (χ3v) is 4.72. The number of aromatic nitrogens is 2. The Morgan fingerprint density at radius 3 is 2.74 bits per heavy atom. The van der Waals surface area contributed by atoms with E-state index in [1.54, 1.807) is 18.2 Å². The van der Waals surface area contributed by atoms with Gasteiger partial charge in [0.2, 0.25) is 5.91 Å². The summed E-state index contributed by atoms with van der Waals surface area (Å²) in [7, 11) is 0. The summed E-state index contributed by atoms with van der Waals surface area (Å²) in [5.74, 6) is 1.15. The minimum absolute atomic E-state index is 0.00225. The van der Waals surface area contributed by atoms with Gasteiger partial charge in [0.05, 0.1) is 24.5 Å². The average molecular weight is 364 g/mol. The van der Waals surface area contributed by atoms with Gasteiger partial charge in [-0.15, -0.1) is 0 Å². The van der Waals surface area contributed by atoms with Crippen molar-refractivity contribution < 1.29 is 14.3 Å². The van der Waals surface area contributed by atoms with E-state index < -0.39 is 0 Å². The largest absolute Gasteiger partial charge is 0.489 e. The molecule has 4 rings (SSSR count). The molecule has 27 heavy (non-hydrogen) atoms. The van der Waals surface area contributed by atoms with Gasteiger partial charge in [0.1, 0.15) is 30.1 Å². The Morgan fingerprint density at radius 2 is 2.00 bits per heavy atom. The fourth-order valence-corrected chi connectivity index (χ4v) is 3.01. The van der Waals surface area contributed by atoms with Crippen LogP contribution in [0, 0.1) is 17.2 Å². The van der Waals surface area contributed by atoms with Crippen LogP contribution in [-0.4, -0.2) is 35.2 Å². The third-order valence-electron chi connectivity index (χ3n) is 4.72. The molecule has 0 radical (unpaired) electrons. The zero-order chi connectivity index (χ0) is 18.6. The Bertz CT molecular complexity index is 883. The van der Waals surface area contributed by atoms with E-state index in [-0.39, 0.29) is 17.9 Å². The molecule has 0 atom stereocenters. The first-order valence-corrected chi connectivity index (χ1v) is 9.15. The summed E-state index contributed by atoms with van der Waals surface area (Å²) in [4.78, 5) is 20.3. The van der Waals surface area contributed by atoms with Gasteiger partial charge >= 0.3 is 0 Å². The summed E-state index contributed by atoms with van der Waals surface area (Å²) < 4.78 is 11.3. The molecule has 1 saturated heterocycles. The van der Waals surface area contributed by atoms with Crippen LogP contribution in [0.1, 0.15) is 31.2 Å². The monoisotopic (exact) mass is 364 g/mol. The van der Waals surface area contributed by atoms with E-state index >= 15 is 0 Å². The first-order chi connectivity index (χ1) is 13.2. The van der Waals surface area contributed by atoms with E-state index in [1.807, 2.05) is 6.07 Å². The molecule has 0 bridgehead atoms. The number of nitrogens with one attached hydrogen (secondary N) is 1. The fraction of sp³-hybridized carbons (Fsp3) is 0.400. The summed E-state index contributed by atoms with van der Waals surface area (Å²) in [6.07, 6.45) is 5.00. The van der Waals surface area contributed by atoms with Crippen molar-refractivity contribution in [3.8, 4) is 23.1 Å². The predicted molar refractivity (Wildman–Crippen MR) is 98.0 cm³/mol. The second kappa shape index (κ2) is 7.72. The molecule has 0 unspecified atom stereocenters. The first kappa shape index (κ1) is 17.4. The van der Waals surface area contributed by atoms with Gasteiger partial charge in [-0.3, -0.25) is 4.79 Å².